The third-order valence-electron chi connectivity index (χ3n) is 5.30. The molecule has 0 spiro atoms. The van der Waals surface area contributed by atoms with Gasteiger partial charge < -0.3 is 5.32 Å². The first-order chi connectivity index (χ1) is 13.9. The van der Waals surface area contributed by atoms with Crippen molar-refractivity contribution in [3.05, 3.63) is 66.0 Å². The maximum Gasteiger partial charge on any atom is 0.243 e. The summed E-state index contributed by atoms with van der Waals surface area (Å²) in [5.41, 5.74) is 1.22. The lowest BCUT2D eigenvalue weighted by Crippen LogP contribution is -2.47. The molecular formula is C22H27FN2O3S. The molecule has 156 valence electrons. The number of amides is 1. The Morgan fingerprint density at radius 3 is 2.55 bits per heavy atom. The van der Waals surface area contributed by atoms with Gasteiger partial charge in [0.05, 0.1) is 10.8 Å². The minimum atomic E-state index is -3.73. The average Bonchev–Trinajstić information content (AvgIpc) is 2.73. The molecule has 5 nitrogen and oxygen atoms in total. The molecular weight excluding hydrogens is 391 g/mol. The molecule has 0 aromatic heterocycles. The normalized spacial score (nSPS) is 18.9. The van der Waals surface area contributed by atoms with Crippen molar-refractivity contribution in [2.24, 2.45) is 5.92 Å². The summed E-state index contributed by atoms with van der Waals surface area (Å²) in [7, 11) is -3.73. The fourth-order valence-corrected chi connectivity index (χ4v) is 5.11. The minimum absolute atomic E-state index is 0.00629. The Balaban J connectivity index is 1.56. The Labute approximate surface area is 172 Å². The number of nitrogens with one attached hydrogen (secondary N) is 1. The number of halogens is 1. The van der Waals surface area contributed by atoms with Crippen LogP contribution in [0.5, 0.6) is 0 Å². The number of hydrogen-bond donors (Lipinski definition) is 1. The van der Waals surface area contributed by atoms with Crippen LogP contribution in [0.25, 0.3) is 0 Å². The van der Waals surface area contributed by atoms with E-state index in [1.165, 1.54) is 22.0 Å². The number of aryl methyl sites for hydroxylation is 1. The van der Waals surface area contributed by atoms with Gasteiger partial charge in [-0.2, -0.15) is 4.31 Å². The third kappa shape index (κ3) is 5.64. The van der Waals surface area contributed by atoms with E-state index >= 15 is 0 Å². The van der Waals surface area contributed by atoms with Crippen molar-refractivity contribution >= 4 is 15.9 Å². The zero-order valence-corrected chi connectivity index (χ0v) is 17.4. The Morgan fingerprint density at radius 1 is 1.17 bits per heavy atom. The fraction of sp³-hybridized carbons (Fsp3) is 0.409. The summed E-state index contributed by atoms with van der Waals surface area (Å²) >= 11 is 0. The van der Waals surface area contributed by atoms with Gasteiger partial charge in [0.1, 0.15) is 5.82 Å². The molecule has 1 saturated heterocycles. The summed E-state index contributed by atoms with van der Waals surface area (Å²) in [6.07, 6.45) is 2.97. The second kappa shape index (κ2) is 9.50. The molecule has 7 heteroatoms. The van der Waals surface area contributed by atoms with Gasteiger partial charge >= 0.3 is 0 Å². The quantitative estimate of drug-likeness (QED) is 0.750. The summed E-state index contributed by atoms with van der Waals surface area (Å²) in [4.78, 5) is 12.7. The van der Waals surface area contributed by atoms with Crippen molar-refractivity contribution in [3.8, 4) is 0 Å². The molecule has 0 saturated carbocycles. The summed E-state index contributed by atoms with van der Waals surface area (Å²) in [5.74, 6) is -0.966. The van der Waals surface area contributed by atoms with Crippen LogP contribution in [0.4, 0.5) is 4.39 Å². The lowest BCUT2D eigenvalue weighted by atomic mass is 9.98. The van der Waals surface area contributed by atoms with E-state index in [4.69, 9.17) is 0 Å². The van der Waals surface area contributed by atoms with Crippen molar-refractivity contribution in [3.63, 3.8) is 0 Å². The SMILES string of the molecule is CC(CCc1ccccc1)NC(=O)C1CCCN(S(=O)(=O)c2ccc(F)cc2)C1. The highest BCUT2D eigenvalue weighted by Crippen LogP contribution is 2.24. The zero-order chi connectivity index (χ0) is 20.9. The number of sulfonamides is 1. The van der Waals surface area contributed by atoms with Crippen LogP contribution in [0.15, 0.2) is 59.5 Å². The van der Waals surface area contributed by atoms with Crippen LogP contribution < -0.4 is 5.32 Å². The van der Waals surface area contributed by atoms with E-state index < -0.39 is 15.8 Å². The molecule has 29 heavy (non-hydrogen) atoms. The molecule has 1 amide bonds. The van der Waals surface area contributed by atoms with Crippen molar-refractivity contribution in [1.29, 1.82) is 0 Å². The predicted molar refractivity (Wildman–Crippen MR) is 110 cm³/mol. The third-order valence-corrected chi connectivity index (χ3v) is 7.18. The van der Waals surface area contributed by atoms with Gasteiger partial charge in [-0.05, 0) is 62.4 Å². The lowest BCUT2D eigenvalue weighted by Gasteiger charge is -2.32. The maximum atomic E-state index is 13.1. The highest BCUT2D eigenvalue weighted by molar-refractivity contribution is 7.89. The number of piperidine rings is 1. The van der Waals surface area contributed by atoms with Gasteiger partial charge in [0.25, 0.3) is 0 Å². The molecule has 0 radical (unpaired) electrons. The highest BCUT2D eigenvalue weighted by Gasteiger charge is 2.33. The molecule has 0 bridgehead atoms. The molecule has 2 aromatic carbocycles. The molecule has 1 heterocycles. The van der Waals surface area contributed by atoms with Crippen LogP contribution in [0, 0.1) is 11.7 Å². The highest BCUT2D eigenvalue weighted by atomic mass is 32.2. The van der Waals surface area contributed by atoms with Gasteiger partial charge in [-0.25, -0.2) is 12.8 Å². The number of benzene rings is 2. The van der Waals surface area contributed by atoms with E-state index in [1.54, 1.807) is 0 Å². The van der Waals surface area contributed by atoms with Gasteiger partial charge in [-0.3, -0.25) is 4.79 Å². The molecule has 1 aliphatic rings. The molecule has 2 aromatic rings. The Hall–Kier alpha value is -2.25. The second-order valence-corrected chi connectivity index (χ2v) is 9.53. The number of hydrogen-bond acceptors (Lipinski definition) is 3. The predicted octanol–water partition coefficient (Wildman–Crippen LogP) is 3.36. The van der Waals surface area contributed by atoms with E-state index in [0.717, 1.165) is 25.0 Å². The molecule has 2 atom stereocenters. The van der Waals surface area contributed by atoms with Crippen molar-refractivity contribution in [2.75, 3.05) is 13.1 Å². The van der Waals surface area contributed by atoms with Crippen molar-refractivity contribution < 1.29 is 17.6 Å². The van der Waals surface area contributed by atoms with Gasteiger partial charge in [-0.1, -0.05) is 30.3 Å². The molecule has 3 rings (SSSR count). The van der Waals surface area contributed by atoms with Crippen LogP contribution in [0.1, 0.15) is 31.7 Å². The monoisotopic (exact) mass is 418 g/mol. The number of nitrogens with zero attached hydrogens (tertiary/aromatic N) is 1. The van der Waals surface area contributed by atoms with E-state index in [-0.39, 0.29) is 29.3 Å². The summed E-state index contributed by atoms with van der Waals surface area (Å²) in [6.45, 7) is 2.49. The first-order valence-corrected chi connectivity index (χ1v) is 11.4. The average molecular weight is 419 g/mol. The number of rotatable bonds is 7. The van der Waals surface area contributed by atoms with Gasteiger partial charge in [-0.15, -0.1) is 0 Å². The molecule has 1 aliphatic heterocycles. The number of carbonyl (C=O) groups is 1. The Morgan fingerprint density at radius 2 is 1.86 bits per heavy atom. The smallest absolute Gasteiger partial charge is 0.243 e. The molecule has 1 fully saturated rings. The van der Waals surface area contributed by atoms with Gasteiger partial charge in [0, 0.05) is 19.1 Å². The second-order valence-electron chi connectivity index (χ2n) is 7.59. The summed E-state index contributed by atoms with van der Waals surface area (Å²) in [6, 6.07) is 14.9. The van der Waals surface area contributed by atoms with E-state index in [1.807, 2.05) is 25.1 Å². The maximum absolute atomic E-state index is 13.1. The standard InChI is InChI=1S/C22H27FN2O3S/c1-17(9-10-18-6-3-2-4-7-18)24-22(26)19-8-5-15-25(16-19)29(27,28)21-13-11-20(23)12-14-21/h2-4,6-7,11-14,17,19H,5,8-10,15-16H2,1H3,(H,24,26). The molecule has 1 N–H and O–H groups in total. The Kier molecular flexibility index (Phi) is 7.03. The van der Waals surface area contributed by atoms with E-state index in [0.29, 0.717) is 19.4 Å². The fourth-order valence-electron chi connectivity index (χ4n) is 3.59. The molecule has 0 aliphatic carbocycles. The van der Waals surface area contributed by atoms with Crippen molar-refractivity contribution in [2.45, 2.75) is 43.5 Å². The first-order valence-electron chi connectivity index (χ1n) is 9.96. The summed E-state index contributed by atoms with van der Waals surface area (Å²) in [5, 5.41) is 3.03. The first kappa shape index (κ1) is 21.5. The summed E-state index contributed by atoms with van der Waals surface area (Å²) < 4.78 is 40.1. The topological polar surface area (TPSA) is 66.5 Å². The van der Waals surface area contributed by atoms with Gasteiger partial charge in [0.15, 0.2) is 0 Å². The van der Waals surface area contributed by atoms with Gasteiger partial charge in [0.2, 0.25) is 15.9 Å². The zero-order valence-electron chi connectivity index (χ0n) is 16.6. The van der Waals surface area contributed by atoms with Crippen LogP contribution in [-0.4, -0.2) is 37.8 Å². The van der Waals surface area contributed by atoms with Crippen molar-refractivity contribution in [1.82, 2.24) is 9.62 Å². The number of carbonyl (C=O) groups excluding carboxylic acids is 1. The van der Waals surface area contributed by atoms with Crippen LogP contribution >= 0.6 is 0 Å². The van der Waals surface area contributed by atoms with Crippen LogP contribution in [0.2, 0.25) is 0 Å². The molecule has 2 unspecified atom stereocenters. The minimum Gasteiger partial charge on any atom is -0.353 e. The largest absolute Gasteiger partial charge is 0.353 e. The van der Waals surface area contributed by atoms with Crippen LogP contribution in [0.3, 0.4) is 0 Å². The van der Waals surface area contributed by atoms with Crippen LogP contribution in [-0.2, 0) is 21.2 Å². The van der Waals surface area contributed by atoms with E-state index in [2.05, 4.69) is 17.4 Å². The van der Waals surface area contributed by atoms with E-state index in [9.17, 15) is 17.6 Å². The Bertz CT molecular complexity index is 917. The lowest BCUT2D eigenvalue weighted by molar-refractivity contribution is -0.126.